The fourth-order valence-electron chi connectivity index (χ4n) is 1.46. The van der Waals surface area contributed by atoms with Crippen molar-refractivity contribution in [3.05, 3.63) is 48.2 Å². The van der Waals surface area contributed by atoms with Crippen LogP contribution in [-0.4, -0.2) is 17.1 Å². The minimum absolute atomic E-state index is 0.286. The second-order valence-electron chi connectivity index (χ2n) is 3.63. The molecular formula is C13H13N3OS. The third kappa shape index (κ3) is 2.95. The van der Waals surface area contributed by atoms with E-state index in [0.717, 1.165) is 11.4 Å². The summed E-state index contributed by atoms with van der Waals surface area (Å²) in [4.78, 5) is 4.59. The van der Waals surface area contributed by atoms with Crippen LogP contribution in [0.2, 0.25) is 0 Å². The van der Waals surface area contributed by atoms with E-state index < -0.39 is 0 Å². The molecule has 18 heavy (non-hydrogen) atoms. The molecule has 1 aromatic heterocycles. The maximum absolute atomic E-state index is 5.54. The van der Waals surface area contributed by atoms with Crippen LogP contribution in [0.4, 0.5) is 11.5 Å². The highest BCUT2D eigenvalue weighted by molar-refractivity contribution is 7.80. The molecule has 0 bridgehead atoms. The van der Waals surface area contributed by atoms with Crippen molar-refractivity contribution < 1.29 is 4.74 Å². The van der Waals surface area contributed by atoms with Gasteiger partial charge in [-0.3, -0.25) is 0 Å². The van der Waals surface area contributed by atoms with Crippen LogP contribution in [0.15, 0.2) is 42.5 Å². The number of benzene rings is 1. The predicted octanol–water partition coefficient (Wildman–Crippen LogP) is 2.47. The molecular weight excluding hydrogens is 246 g/mol. The molecule has 0 aliphatic rings. The van der Waals surface area contributed by atoms with Crippen LogP contribution in [-0.2, 0) is 0 Å². The van der Waals surface area contributed by atoms with E-state index in [0.29, 0.717) is 11.5 Å². The van der Waals surface area contributed by atoms with Gasteiger partial charge in [0.2, 0.25) is 0 Å². The van der Waals surface area contributed by atoms with Crippen molar-refractivity contribution >= 4 is 28.7 Å². The van der Waals surface area contributed by atoms with Gasteiger partial charge in [-0.05, 0) is 36.4 Å². The van der Waals surface area contributed by atoms with Crippen molar-refractivity contribution in [2.75, 3.05) is 12.4 Å². The Kier molecular flexibility index (Phi) is 3.74. The lowest BCUT2D eigenvalue weighted by Gasteiger charge is -2.07. The molecule has 92 valence electrons. The van der Waals surface area contributed by atoms with Crippen LogP contribution < -0.4 is 15.8 Å². The molecule has 0 spiro atoms. The number of nitrogens with one attached hydrogen (secondary N) is 1. The largest absolute Gasteiger partial charge is 0.497 e. The quantitative estimate of drug-likeness (QED) is 0.826. The van der Waals surface area contributed by atoms with Crippen molar-refractivity contribution in [2.24, 2.45) is 5.73 Å². The van der Waals surface area contributed by atoms with Crippen molar-refractivity contribution in [2.45, 2.75) is 0 Å². The van der Waals surface area contributed by atoms with Gasteiger partial charge in [0.05, 0.1) is 12.8 Å². The van der Waals surface area contributed by atoms with Crippen molar-refractivity contribution in [3.8, 4) is 5.75 Å². The van der Waals surface area contributed by atoms with Crippen LogP contribution in [0, 0.1) is 0 Å². The highest BCUT2D eigenvalue weighted by Crippen LogP contribution is 2.18. The molecule has 0 aliphatic heterocycles. The summed E-state index contributed by atoms with van der Waals surface area (Å²) in [5.74, 6) is 1.51. The first-order chi connectivity index (χ1) is 8.69. The lowest BCUT2D eigenvalue weighted by molar-refractivity contribution is 0.415. The van der Waals surface area contributed by atoms with Crippen LogP contribution >= 0.6 is 12.2 Å². The molecule has 4 nitrogen and oxygen atoms in total. The number of pyridine rings is 1. The van der Waals surface area contributed by atoms with Crippen molar-refractivity contribution in [1.82, 2.24) is 4.98 Å². The van der Waals surface area contributed by atoms with Gasteiger partial charge in [-0.25, -0.2) is 4.98 Å². The van der Waals surface area contributed by atoms with Gasteiger partial charge in [-0.2, -0.15) is 0 Å². The normalized spacial score (nSPS) is 9.83. The number of hydrogen-bond donors (Lipinski definition) is 2. The van der Waals surface area contributed by atoms with E-state index in [1.165, 1.54) is 0 Å². The lowest BCUT2D eigenvalue weighted by atomic mass is 10.3. The Hall–Kier alpha value is -2.14. The van der Waals surface area contributed by atoms with E-state index in [4.69, 9.17) is 22.7 Å². The second-order valence-corrected chi connectivity index (χ2v) is 4.07. The van der Waals surface area contributed by atoms with E-state index in [1.807, 2.05) is 36.4 Å². The minimum atomic E-state index is 0.286. The molecule has 0 fully saturated rings. The number of nitrogens with two attached hydrogens (primary N) is 1. The lowest BCUT2D eigenvalue weighted by Crippen LogP contribution is -2.12. The zero-order valence-corrected chi connectivity index (χ0v) is 10.7. The molecule has 1 aromatic carbocycles. The van der Waals surface area contributed by atoms with Gasteiger partial charge in [0.1, 0.15) is 16.6 Å². The molecule has 0 radical (unpaired) electrons. The predicted molar refractivity (Wildman–Crippen MR) is 76.4 cm³/mol. The molecule has 3 N–H and O–H groups in total. The van der Waals surface area contributed by atoms with Gasteiger partial charge in [0, 0.05) is 5.69 Å². The topological polar surface area (TPSA) is 60.2 Å². The standard InChI is InChI=1S/C13H13N3OS/c1-17-10-7-5-9(6-8-10)15-12-4-2-3-11(16-12)13(14)18/h2-8H,1H3,(H2,14,18)(H,15,16). The fraction of sp³-hybridized carbons (Fsp3) is 0.0769. The van der Waals surface area contributed by atoms with E-state index in [-0.39, 0.29) is 4.99 Å². The van der Waals surface area contributed by atoms with Gasteiger partial charge in [0.25, 0.3) is 0 Å². The summed E-state index contributed by atoms with van der Waals surface area (Å²) < 4.78 is 5.09. The Balaban J connectivity index is 2.17. The van der Waals surface area contributed by atoms with Gasteiger partial charge in [-0.1, -0.05) is 18.3 Å². The first-order valence-corrected chi connectivity index (χ1v) is 5.78. The Morgan fingerprint density at radius 3 is 2.56 bits per heavy atom. The Morgan fingerprint density at radius 2 is 1.94 bits per heavy atom. The molecule has 0 unspecified atom stereocenters. The summed E-state index contributed by atoms with van der Waals surface area (Å²) in [6.45, 7) is 0. The molecule has 0 aliphatic carbocycles. The van der Waals surface area contributed by atoms with E-state index in [1.54, 1.807) is 13.2 Å². The number of ether oxygens (including phenoxy) is 1. The number of rotatable bonds is 4. The van der Waals surface area contributed by atoms with Crippen LogP contribution in [0.5, 0.6) is 5.75 Å². The third-order valence-electron chi connectivity index (χ3n) is 2.36. The smallest absolute Gasteiger partial charge is 0.131 e. The molecule has 0 atom stereocenters. The fourth-order valence-corrected chi connectivity index (χ4v) is 1.58. The van der Waals surface area contributed by atoms with Gasteiger partial charge < -0.3 is 15.8 Å². The SMILES string of the molecule is COc1ccc(Nc2cccc(C(N)=S)n2)cc1. The first-order valence-electron chi connectivity index (χ1n) is 5.37. The number of aromatic nitrogens is 1. The maximum Gasteiger partial charge on any atom is 0.131 e. The third-order valence-corrected chi connectivity index (χ3v) is 2.57. The maximum atomic E-state index is 5.54. The highest BCUT2D eigenvalue weighted by atomic mass is 32.1. The number of thiocarbonyl (C=S) groups is 1. The Labute approximate surface area is 111 Å². The molecule has 0 saturated carbocycles. The van der Waals surface area contributed by atoms with E-state index >= 15 is 0 Å². The number of anilines is 2. The van der Waals surface area contributed by atoms with Gasteiger partial charge in [0.15, 0.2) is 0 Å². The van der Waals surface area contributed by atoms with E-state index in [9.17, 15) is 0 Å². The second kappa shape index (κ2) is 5.46. The molecule has 5 heteroatoms. The average molecular weight is 259 g/mol. The molecule has 1 heterocycles. The van der Waals surface area contributed by atoms with Gasteiger partial charge in [-0.15, -0.1) is 0 Å². The average Bonchev–Trinajstić information content (AvgIpc) is 2.40. The van der Waals surface area contributed by atoms with Crippen LogP contribution in [0.25, 0.3) is 0 Å². The Bertz CT molecular complexity index is 554. The molecule has 0 amide bonds. The molecule has 2 aromatic rings. The van der Waals surface area contributed by atoms with E-state index in [2.05, 4.69) is 10.3 Å². The highest BCUT2D eigenvalue weighted by Gasteiger charge is 2.01. The summed E-state index contributed by atoms with van der Waals surface area (Å²) in [7, 11) is 1.63. The molecule has 2 rings (SSSR count). The summed E-state index contributed by atoms with van der Waals surface area (Å²) in [5, 5.41) is 3.17. The van der Waals surface area contributed by atoms with Crippen LogP contribution in [0.3, 0.4) is 0 Å². The number of methoxy groups -OCH3 is 1. The monoisotopic (exact) mass is 259 g/mol. The zero-order valence-electron chi connectivity index (χ0n) is 9.88. The summed E-state index contributed by atoms with van der Waals surface area (Å²) in [5.41, 5.74) is 7.06. The Morgan fingerprint density at radius 1 is 1.22 bits per heavy atom. The summed E-state index contributed by atoms with van der Waals surface area (Å²) in [6.07, 6.45) is 0. The summed E-state index contributed by atoms with van der Waals surface area (Å²) in [6, 6.07) is 13.1. The van der Waals surface area contributed by atoms with Crippen molar-refractivity contribution in [1.29, 1.82) is 0 Å². The van der Waals surface area contributed by atoms with Gasteiger partial charge >= 0.3 is 0 Å². The number of nitrogens with zero attached hydrogens (tertiary/aromatic N) is 1. The zero-order chi connectivity index (χ0) is 13.0. The minimum Gasteiger partial charge on any atom is -0.497 e. The van der Waals surface area contributed by atoms with Crippen LogP contribution in [0.1, 0.15) is 5.69 Å². The first kappa shape index (κ1) is 12.3. The molecule has 0 saturated heterocycles. The van der Waals surface area contributed by atoms with Crippen molar-refractivity contribution in [3.63, 3.8) is 0 Å². The number of hydrogen-bond acceptors (Lipinski definition) is 4. The summed E-state index contributed by atoms with van der Waals surface area (Å²) >= 11 is 4.89.